The van der Waals surface area contributed by atoms with Crippen LogP contribution in [-0.4, -0.2) is 18.9 Å². The smallest absolute Gasteiger partial charge is 0.332 e. The molecule has 2 amide bonds. The number of hydrogen-bond acceptors (Lipinski definition) is 3. The zero-order valence-corrected chi connectivity index (χ0v) is 10.8. The van der Waals surface area contributed by atoms with Crippen molar-refractivity contribution < 1.29 is 9.53 Å². The highest BCUT2D eigenvalue weighted by Gasteiger charge is 2.02. The number of nitrogens with one attached hydrogen (secondary N) is 1. The summed E-state index contributed by atoms with van der Waals surface area (Å²) in [5, 5.41) is 6.06. The lowest BCUT2D eigenvalue weighted by atomic mass is 10.0. The number of methoxy groups -OCH3 is 1. The molecule has 0 aliphatic carbocycles. The van der Waals surface area contributed by atoms with E-state index in [1.54, 1.807) is 14.0 Å². The number of amides is 2. The minimum atomic E-state index is -0.676. The third-order valence-electron chi connectivity index (χ3n) is 2.80. The third-order valence-corrected chi connectivity index (χ3v) is 2.80. The zero-order valence-electron chi connectivity index (χ0n) is 10.8. The van der Waals surface area contributed by atoms with Crippen molar-refractivity contribution in [2.45, 2.75) is 6.92 Å². The maximum absolute atomic E-state index is 10.6. The molecule has 0 aliphatic rings. The molecule has 2 rings (SSSR count). The van der Waals surface area contributed by atoms with Gasteiger partial charge in [0.1, 0.15) is 5.75 Å². The monoisotopic (exact) mass is 257 g/mol. The number of urea groups is 1. The van der Waals surface area contributed by atoms with E-state index in [2.05, 4.69) is 10.5 Å². The number of hydrogen-bond donors (Lipinski definition) is 2. The van der Waals surface area contributed by atoms with E-state index in [0.29, 0.717) is 5.71 Å². The normalized spacial score (nSPS) is 11.4. The fourth-order valence-corrected chi connectivity index (χ4v) is 1.78. The molecule has 0 heterocycles. The van der Waals surface area contributed by atoms with Gasteiger partial charge in [-0.2, -0.15) is 5.10 Å². The number of primary amides is 1. The molecule has 0 aromatic heterocycles. The third kappa shape index (κ3) is 3.01. The predicted octanol–water partition coefficient (Wildman–Crippen LogP) is 2.24. The van der Waals surface area contributed by atoms with E-state index in [-0.39, 0.29) is 0 Å². The van der Waals surface area contributed by atoms with Crippen molar-refractivity contribution in [3.05, 3.63) is 42.0 Å². The molecule has 0 spiro atoms. The van der Waals surface area contributed by atoms with Gasteiger partial charge in [-0.1, -0.05) is 18.2 Å². The first-order chi connectivity index (χ1) is 9.10. The van der Waals surface area contributed by atoms with Crippen LogP contribution in [0.1, 0.15) is 12.5 Å². The van der Waals surface area contributed by atoms with Crippen LogP contribution in [0.4, 0.5) is 4.79 Å². The number of nitrogens with zero attached hydrogens (tertiary/aromatic N) is 1. The van der Waals surface area contributed by atoms with Crippen LogP contribution in [0.25, 0.3) is 10.8 Å². The number of carbonyl (C=O) groups is 1. The van der Waals surface area contributed by atoms with E-state index >= 15 is 0 Å². The Balaban J connectivity index is 2.36. The van der Waals surface area contributed by atoms with Gasteiger partial charge < -0.3 is 10.5 Å². The van der Waals surface area contributed by atoms with E-state index < -0.39 is 6.03 Å². The first kappa shape index (κ1) is 12.9. The summed E-state index contributed by atoms with van der Waals surface area (Å²) in [6, 6.07) is 11.1. The number of nitrogens with two attached hydrogens (primary N) is 1. The minimum Gasteiger partial charge on any atom is -0.497 e. The molecule has 19 heavy (non-hydrogen) atoms. The molecular weight excluding hydrogens is 242 g/mol. The van der Waals surface area contributed by atoms with Gasteiger partial charge in [-0.25, -0.2) is 10.2 Å². The Labute approximate surface area is 111 Å². The van der Waals surface area contributed by atoms with Crippen LogP contribution in [0.3, 0.4) is 0 Å². The molecule has 0 saturated heterocycles. The second-order valence-electron chi connectivity index (χ2n) is 4.10. The summed E-state index contributed by atoms with van der Waals surface area (Å²) in [5.74, 6) is 0.820. The van der Waals surface area contributed by atoms with Crippen LogP contribution in [0.15, 0.2) is 41.5 Å². The Morgan fingerprint density at radius 1 is 1.21 bits per heavy atom. The van der Waals surface area contributed by atoms with Crippen molar-refractivity contribution in [2.75, 3.05) is 7.11 Å². The SMILES string of the molecule is COc1ccc2cc(/C(C)=N\NC(N)=O)ccc2c1. The highest BCUT2D eigenvalue weighted by molar-refractivity contribution is 6.02. The van der Waals surface area contributed by atoms with Crippen LogP contribution in [0.2, 0.25) is 0 Å². The summed E-state index contributed by atoms with van der Waals surface area (Å²) in [6.45, 7) is 1.81. The molecule has 0 saturated carbocycles. The van der Waals surface area contributed by atoms with Crippen molar-refractivity contribution in [1.82, 2.24) is 5.43 Å². The number of hydrazone groups is 1. The highest BCUT2D eigenvalue weighted by atomic mass is 16.5. The van der Waals surface area contributed by atoms with E-state index in [1.807, 2.05) is 36.4 Å². The van der Waals surface area contributed by atoms with Gasteiger partial charge in [-0.3, -0.25) is 0 Å². The lowest BCUT2D eigenvalue weighted by Gasteiger charge is -2.05. The molecular formula is C14H15N3O2. The fraction of sp³-hybridized carbons (Fsp3) is 0.143. The summed E-state index contributed by atoms with van der Waals surface area (Å²) in [4.78, 5) is 10.6. The highest BCUT2D eigenvalue weighted by Crippen LogP contribution is 2.22. The van der Waals surface area contributed by atoms with Gasteiger partial charge >= 0.3 is 6.03 Å². The van der Waals surface area contributed by atoms with E-state index in [9.17, 15) is 4.79 Å². The first-order valence-electron chi connectivity index (χ1n) is 5.78. The molecule has 0 radical (unpaired) electrons. The quantitative estimate of drug-likeness (QED) is 0.653. The topological polar surface area (TPSA) is 76.7 Å². The fourth-order valence-electron chi connectivity index (χ4n) is 1.78. The summed E-state index contributed by atoms with van der Waals surface area (Å²) in [6.07, 6.45) is 0. The summed E-state index contributed by atoms with van der Waals surface area (Å²) in [7, 11) is 1.64. The summed E-state index contributed by atoms with van der Waals surface area (Å²) in [5.41, 5.74) is 8.80. The van der Waals surface area contributed by atoms with Crippen molar-refractivity contribution >= 4 is 22.5 Å². The number of ether oxygens (including phenoxy) is 1. The molecule has 5 nitrogen and oxygen atoms in total. The van der Waals surface area contributed by atoms with E-state index in [1.165, 1.54) is 0 Å². The van der Waals surface area contributed by atoms with Crippen molar-refractivity contribution in [3.63, 3.8) is 0 Å². The van der Waals surface area contributed by atoms with Crippen molar-refractivity contribution in [1.29, 1.82) is 0 Å². The predicted molar refractivity (Wildman–Crippen MR) is 75.4 cm³/mol. The number of carbonyl (C=O) groups excluding carboxylic acids is 1. The average molecular weight is 257 g/mol. The Bertz CT molecular complexity index is 650. The summed E-state index contributed by atoms with van der Waals surface area (Å²) < 4.78 is 5.18. The van der Waals surface area contributed by atoms with E-state index in [0.717, 1.165) is 22.1 Å². The molecule has 2 aromatic rings. The standard InChI is InChI=1S/C14H15N3O2/c1-9(16-17-14(15)18)10-3-4-12-8-13(19-2)6-5-11(12)7-10/h3-8H,1-2H3,(H3,15,17,18)/b16-9-. The molecule has 0 atom stereocenters. The molecule has 0 unspecified atom stereocenters. The molecule has 98 valence electrons. The maximum Gasteiger partial charge on any atom is 0.332 e. The average Bonchev–Trinajstić information content (AvgIpc) is 2.43. The number of rotatable bonds is 3. The Hall–Kier alpha value is -2.56. The minimum absolute atomic E-state index is 0.676. The number of benzene rings is 2. The molecule has 0 bridgehead atoms. The van der Waals surface area contributed by atoms with Gasteiger partial charge in [0.05, 0.1) is 12.8 Å². The van der Waals surface area contributed by atoms with Crippen LogP contribution in [0.5, 0.6) is 5.75 Å². The van der Waals surface area contributed by atoms with Crippen LogP contribution in [-0.2, 0) is 0 Å². The molecule has 0 fully saturated rings. The van der Waals surface area contributed by atoms with Crippen molar-refractivity contribution in [2.24, 2.45) is 10.8 Å². The molecule has 0 aliphatic heterocycles. The second-order valence-corrected chi connectivity index (χ2v) is 4.10. The van der Waals surface area contributed by atoms with Gasteiger partial charge in [0.25, 0.3) is 0 Å². The summed E-state index contributed by atoms with van der Waals surface area (Å²) >= 11 is 0. The number of fused-ring (bicyclic) bond motifs is 1. The van der Waals surface area contributed by atoms with E-state index in [4.69, 9.17) is 10.5 Å². The van der Waals surface area contributed by atoms with Gasteiger partial charge in [-0.15, -0.1) is 0 Å². The van der Waals surface area contributed by atoms with Crippen molar-refractivity contribution in [3.8, 4) is 5.75 Å². The lowest BCUT2D eigenvalue weighted by molar-refractivity contribution is 0.249. The van der Waals surface area contributed by atoms with Crippen LogP contribution in [0, 0.1) is 0 Å². The first-order valence-corrected chi connectivity index (χ1v) is 5.78. The van der Waals surface area contributed by atoms with Crippen LogP contribution >= 0.6 is 0 Å². The Kier molecular flexibility index (Phi) is 3.66. The van der Waals surface area contributed by atoms with Gasteiger partial charge in [0, 0.05) is 0 Å². The maximum atomic E-state index is 10.6. The Morgan fingerprint density at radius 3 is 2.58 bits per heavy atom. The lowest BCUT2D eigenvalue weighted by Crippen LogP contribution is -2.25. The Morgan fingerprint density at radius 2 is 1.89 bits per heavy atom. The molecule has 5 heteroatoms. The van der Waals surface area contributed by atoms with Crippen LogP contribution < -0.4 is 15.9 Å². The van der Waals surface area contributed by atoms with Gasteiger partial charge in [-0.05, 0) is 41.5 Å². The molecule has 3 N–H and O–H groups in total. The second kappa shape index (κ2) is 5.39. The largest absolute Gasteiger partial charge is 0.497 e. The zero-order chi connectivity index (χ0) is 13.8. The van der Waals surface area contributed by atoms with Gasteiger partial charge in [0.2, 0.25) is 0 Å². The molecule has 2 aromatic carbocycles. The van der Waals surface area contributed by atoms with Gasteiger partial charge in [0.15, 0.2) is 0 Å².